The number of nitro benzene ring substituents is 2. The molecule has 0 saturated heterocycles. The molecule has 0 atom stereocenters. The van der Waals surface area contributed by atoms with Crippen LogP contribution in [0.4, 0.5) is 11.4 Å². The van der Waals surface area contributed by atoms with E-state index in [-0.39, 0.29) is 42.4 Å². The first kappa shape index (κ1) is 18.5. The van der Waals surface area contributed by atoms with Crippen molar-refractivity contribution in [3.63, 3.8) is 0 Å². The van der Waals surface area contributed by atoms with Crippen molar-refractivity contribution in [2.45, 2.75) is 0 Å². The van der Waals surface area contributed by atoms with Gasteiger partial charge in [0.05, 0.1) is 9.85 Å². The maximum atomic E-state index is 10.4. The summed E-state index contributed by atoms with van der Waals surface area (Å²) in [6.07, 6.45) is 0. The van der Waals surface area contributed by atoms with E-state index < -0.39 is 9.85 Å². The van der Waals surface area contributed by atoms with Gasteiger partial charge in [-0.05, 0) is 0 Å². The summed E-state index contributed by atoms with van der Waals surface area (Å²) >= 11 is 0. The second kappa shape index (κ2) is 8.60. The van der Waals surface area contributed by atoms with Crippen LogP contribution in [0.1, 0.15) is 0 Å². The van der Waals surface area contributed by atoms with Crippen molar-refractivity contribution >= 4 is 11.4 Å². The quantitative estimate of drug-likeness (QED) is 0.459. The van der Waals surface area contributed by atoms with Crippen molar-refractivity contribution in [3.8, 4) is 11.5 Å². The summed E-state index contributed by atoms with van der Waals surface area (Å²) in [5.41, 5.74) is -0.112. The van der Waals surface area contributed by atoms with Crippen LogP contribution in [0, 0.1) is 20.2 Å². The molecule has 0 aliphatic carbocycles. The van der Waals surface area contributed by atoms with Gasteiger partial charge in [0.15, 0.2) is 0 Å². The largest absolute Gasteiger partial charge is 2.00 e. The van der Waals surface area contributed by atoms with E-state index in [0.717, 1.165) is 24.3 Å². The third-order valence-corrected chi connectivity index (χ3v) is 2.10. The second-order valence-corrected chi connectivity index (χ2v) is 3.50. The standard InChI is InChI=1S/2C6H5NO3.Zn/c2*8-6-3-1-5(2-4-6)7(9)10;/h2*1-4,8H;/q;;+2/p-2. The Hall–Kier alpha value is -2.54. The number of non-ortho nitro benzene ring substituents is 2. The fourth-order valence-electron chi connectivity index (χ4n) is 1.14. The summed E-state index contributed by atoms with van der Waals surface area (Å²) < 4.78 is 0. The van der Waals surface area contributed by atoms with E-state index in [1.54, 1.807) is 0 Å². The molecule has 2 aromatic carbocycles. The number of benzene rings is 2. The molecule has 0 unspecified atom stereocenters. The van der Waals surface area contributed by atoms with Gasteiger partial charge in [0, 0.05) is 24.3 Å². The number of hydrogen-bond donors (Lipinski definition) is 0. The van der Waals surface area contributed by atoms with Gasteiger partial charge in [0.1, 0.15) is 0 Å². The molecule has 0 radical (unpaired) electrons. The van der Waals surface area contributed by atoms with Gasteiger partial charge in [0.25, 0.3) is 11.4 Å². The number of rotatable bonds is 2. The van der Waals surface area contributed by atoms with Gasteiger partial charge >= 0.3 is 19.5 Å². The normalized spacial score (nSPS) is 8.76. The van der Waals surface area contributed by atoms with Crippen LogP contribution in [-0.2, 0) is 19.5 Å². The average Bonchev–Trinajstić information content (AvgIpc) is 2.40. The van der Waals surface area contributed by atoms with Crippen LogP contribution in [0.15, 0.2) is 48.5 Å². The molecule has 2 rings (SSSR count). The molecular weight excluding hydrogens is 334 g/mol. The Labute approximate surface area is 131 Å². The van der Waals surface area contributed by atoms with Gasteiger partial charge in [-0.15, -0.1) is 11.5 Å². The molecule has 9 heteroatoms. The molecule has 0 aliphatic heterocycles. The molecule has 0 spiro atoms. The van der Waals surface area contributed by atoms with Crippen LogP contribution >= 0.6 is 0 Å². The Balaban J connectivity index is 0.000000364. The van der Waals surface area contributed by atoms with E-state index in [2.05, 4.69) is 0 Å². The van der Waals surface area contributed by atoms with Gasteiger partial charge in [-0.3, -0.25) is 20.2 Å². The number of nitro groups is 2. The third kappa shape index (κ3) is 6.44. The average molecular weight is 342 g/mol. The first-order valence-electron chi connectivity index (χ1n) is 5.23. The van der Waals surface area contributed by atoms with Crippen LogP contribution in [0.2, 0.25) is 0 Å². The maximum absolute atomic E-state index is 10.4. The van der Waals surface area contributed by atoms with Crippen molar-refractivity contribution in [1.82, 2.24) is 0 Å². The smallest absolute Gasteiger partial charge is 0.872 e. The van der Waals surface area contributed by atoms with E-state index in [1.165, 1.54) is 24.3 Å². The molecule has 0 aromatic heterocycles. The predicted molar refractivity (Wildman–Crippen MR) is 65.1 cm³/mol. The van der Waals surface area contributed by atoms with Crippen molar-refractivity contribution in [2.24, 2.45) is 0 Å². The van der Waals surface area contributed by atoms with Crippen LogP contribution in [0.3, 0.4) is 0 Å². The fraction of sp³-hybridized carbons (Fsp3) is 0. The molecule has 21 heavy (non-hydrogen) atoms. The van der Waals surface area contributed by atoms with E-state index >= 15 is 0 Å². The minimum absolute atomic E-state index is 0. The fourth-order valence-corrected chi connectivity index (χ4v) is 1.14. The summed E-state index contributed by atoms with van der Waals surface area (Å²) in [5, 5.41) is 40.9. The van der Waals surface area contributed by atoms with E-state index in [0.29, 0.717) is 0 Å². The third-order valence-electron chi connectivity index (χ3n) is 2.10. The van der Waals surface area contributed by atoms with Crippen molar-refractivity contribution in [3.05, 3.63) is 68.8 Å². The molecule has 8 nitrogen and oxygen atoms in total. The maximum Gasteiger partial charge on any atom is 2.00 e. The van der Waals surface area contributed by atoms with E-state index in [1.807, 2.05) is 0 Å². The van der Waals surface area contributed by atoms with Crippen molar-refractivity contribution in [1.29, 1.82) is 0 Å². The van der Waals surface area contributed by atoms with Gasteiger partial charge < -0.3 is 10.2 Å². The van der Waals surface area contributed by atoms with E-state index in [9.17, 15) is 30.4 Å². The molecule has 0 bridgehead atoms. The molecule has 0 saturated carbocycles. The zero-order valence-corrected chi connectivity index (χ0v) is 13.6. The Morgan fingerprint density at radius 3 is 1.05 bits per heavy atom. The molecule has 0 aliphatic rings. The number of hydrogen-bond acceptors (Lipinski definition) is 6. The van der Waals surface area contributed by atoms with Gasteiger partial charge in [-0.2, -0.15) is 0 Å². The molecular formula is C12H8N2O6Zn. The summed E-state index contributed by atoms with van der Waals surface area (Å²) in [4.78, 5) is 18.9. The minimum atomic E-state index is -0.542. The summed E-state index contributed by atoms with van der Waals surface area (Å²) in [6.45, 7) is 0. The molecule has 104 valence electrons. The number of nitrogens with zero attached hydrogens (tertiary/aromatic N) is 2. The Morgan fingerprint density at radius 2 is 0.857 bits per heavy atom. The van der Waals surface area contributed by atoms with Crippen LogP contribution < -0.4 is 10.2 Å². The minimum Gasteiger partial charge on any atom is -0.872 e. The summed E-state index contributed by atoms with van der Waals surface area (Å²) in [5.74, 6) is -0.434. The first-order chi connectivity index (χ1) is 9.40. The van der Waals surface area contributed by atoms with Crippen molar-refractivity contribution in [2.75, 3.05) is 0 Å². The molecule has 0 heterocycles. The second-order valence-electron chi connectivity index (χ2n) is 3.50. The van der Waals surface area contributed by atoms with Crippen LogP contribution in [0.5, 0.6) is 11.5 Å². The van der Waals surface area contributed by atoms with Gasteiger partial charge in [0.2, 0.25) is 0 Å². The zero-order valence-electron chi connectivity index (χ0n) is 10.7. The van der Waals surface area contributed by atoms with Crippen LogP contribution in [-0.4, -0.2) is 9.85 Å². The summed E-state index contributed by atoms with van der Waals surface area (Å²) in [7, 11) is 0. The molecule has 0 fully saturated rings. The van der Waals surface area contributed by atoms with Gasteiger partial charge in [-0.1, -0.05) is 24.3 Å². The predicted octanol–water partition coefficient (Wildman–Crippen LogP) is 1.33. The Bertz CT molecular complexity index is 545. The van der Waals surface area contributed by atoms with Crippen LogP contribution in [0.25, 0.3) is 0 Å². The summed E-state index contributed by atoms with van der Waals surface area (Å²) in [6, 6.07) is 9.39. The van der Waals surface area contributed by atoms with E-state index in [4.69, 9.17) is 0 Å². The SMILES string of the molecule is O=[N+]([O-])c1ccc([O-])cc1.O=[N+]([O-])c1ccc([O-])cc1.[Zn+2]. The molecule has 2 aromatic rings. The van der Waals surface area contributed by atoms with Gasteiger partial charge in [-0.25, -0.2) is 0 Å². The monoisotopic (exact) mass is 340 g/mol. The van der Waals surface area contributed by atoms with Crippen molar-refractivity contribution < 1.29 is 39.5 Å². The zero-order chi connectivity index (χ0) is 15.1. The Kier molecular flexibility index (Phi) is 7.56. The molecule has 0 amide bonds. The Morgan fingerprint density at radius 1 is 0.619 bits per heavy atom. The molecule has 0 N–H and O–H groups in total. The first-order valence-corrected chi connectivity index (χ1v) is 5.23. The topological polar surface area (TPSA) is 132 Å².